The molecule has 1 amide bonds. The molecule has 20 heavy (non-hydrogen) atoms. The molecule has 1 N–H and O–H groups in total. The third-order valence-corrected chi connectivity index (χ3v) is 3.60. The van der Waals surface area contributed by atoms with Gasteiger partial charge in [0.2, 0.25) is 5.91 Å². The SMILES string of the molecule is O=C(O)C1CC(=O)N(c2ccc(SC(F)(F)F)cc2)C1. The van der Waals surface area contributed by atoms with Gasteiger partial charge in [-0.25, -0.2) is 0 Å². The summed E-state index contributed by atoms with van der Waals surface area (Å²) < 4.78 is 36.5. The number of rotatable bonds is 3. The lowest BCUT2D eigenvalue weighted by molar-refractivity contribution is -0.141. The number of anilines is 1. The molecule has 1 atom stereocenters. The molecule has 0 saturated carbocycles. The van der Waals surface area contributed by atoms with Gasteiger partial charge >= 0.3 is 11.5 Å². The molecule has 108 valence electrons. The highest BCUT2D eigenvalue weighted by Crippen LogP contribution is 2.37. The van der Waals surface area contributed by atoms with Crippen LogP contribution in [0.15, 0.2) is 29.2 Å². The second kappa shape index (κ2) is 5.35. The van der Waals surface area contributed by atoms with E-state index in [1.165, 1.54) is 29.2 Å². The molecule has 1 aliphatic heterocycles. The number of alkyl halides is 3. The standard InChI is InChI=1S/C12H10F3NO3S/c13-12(14,15)20-9-3-1-8(2-4-9)16-6-7(11(18)19)5-10(16)17/h1-4,7H,5-6H2,(H,18,19). The van der Waals surface area contributed by atoms with E-state index in [4.69, 9.17) is 5.11 Å². The molecule has 1 fully saturated rings. The summed E-state index contributed by atoms with van der Waals surface area (Å²) in [7, 11) is 0. The summed E-state index contributed by atoms with van der Waals surface area (Å²) in [5, 5.41) is 8.86. The first-order valence-corrected chi connectivity index (χ1v) is 6.47. The van der Waals surface area contributed by atoms with Gasteiger partial charge in [0, 0.05) is 23.5 Å². The topological polar surface area (TPSA) is 57.6 Å². The summed E-state index contributed by atoms with van der Waals surface area (Å²) in [6, 6.07) is 5.29. The van der Waals surface area contributed by atoms with Crippen molar-refractivity contribution in [2.45, 2.75) is 16.8 Å². The fraction of sp³-hybridized carbons (Fsp3) is 0.333. The number of hydrogen-bond acceptors (Lipinski definition) is 3. The van der Waals surface area contributed by atoms with Gasteiger partial charge in [0.25, 0.3) is 0 Å². The molecule has 0 radical (unpaired) electrons. The molecule has 8 heteroatoms. The number of carbonyl (C=O) groups is 2. The number of amides is 1. The van der Waals surface area contributed by atoms with E-state index in [1.54, 1.807) is 0 Å². The van der Waals surface area contributed by atoms with Gasteiger partial charge in [-0.3, -0.25) is 9.59 Å². The van der Waals surface area contributed by atoms with E-state index in [1.807, 2.05) is 0 Å². The summed E-state index contributed by atoms with van der Waals surface area (Å²) in [6.45, 7) is 0.0416. The quantitative estimate of drug-likeness (QED) is 0.872. The molecule has 1 aliphatic rings. The minimum Gasteiger partial charge on any atom is -0.481 e. The summed E-state index contributed by atoms with van der Waals surface area (Å²) in [6.07, 6.45) is -0.0889. The molecule has 1 saturated heterocycles. The van der Waals surface area contributed by atoms with Gasteiger partial charge in [-0.15, -0.1) is 0 Å². The Kier molecular flexibility index (Phi) is 3.94. The molecular weight excluding hydrogens is 295 g/mol. The highest BCUT2D eigenvalue weighted by atomic mass is 32.2. The molecule has 0 spiro atoms. The van der Waals surface area contributed by atoms with Crippen molar-refractivity contribution in [3.8, 4) is 0 Å². The second-order valence-electron chi connectivity index (χ2n) is 4.29. The molecule has 1 unspecified atom stereocenters. The lowest BCUT2D eigenvalue weighted by Gasteiger charge is -2.16. The van der Waals surface area contributed by atoms with Gasteiger partial charge in [0.15, 0.2) is 0 Å². The number of carboxylic acids is 1. The number of benzene rings is 1. The fourth-order valence-electron chi connectivity index (χ4n) is 1.95. The van der Waals surface area contributed by atoms with Crippen LogP contribution in [0.25, 0.3) is 0 Å². The number of carbonyl (C=O) groups excluding carboxylic acids is 1. The predicted molar refractivity (Wildman–Crippen MR) is 66.4 cm³/mol. The van der Waals surface area contributed by atoms with E-state index >= 15 is 0 Å². The van der Waals surface area contributed by atoms with Crippen molar-refractivity contribution in [2.75, 3.05) is 11.4 Å². The maximum Gasteiger partial charge on any atom is 0.446 e. The van der Waals surface area contributed by atoms with Crippen LogP contribution in [0, 0.1) is 5.92 Å². The molecule has 2 rings (SSSR count). The van der Waals surface area contributed by atoms with Crippen LogP contribution in [-0.2, 0) is 9.59 Å². The lowest BCUT2D eigenvalue weighted by atomic mass is 10.1. The number of aliphatic carboxylic acids is 1. The van der Waals surface area contributed by atoms with Crippen LogP contribution in [0.1, 0.15) is 6.42 Å². The summed E-state index contributed by atoms with van der Waals surface area (Å²) in [5.74, 6) is -2.16. The van der Waals surface area contributed by atoms with Crippen molar-refractivity contribution in [3.05, 3.63) is 24.3 Å². The molecule has 1 heterocycles. The van der Waals surface area contributed by atoms with Crippen LogP contribution in [0.2, 0.25) is 0 Å². The van der Waals surface area contributed by atoms with E-state index in [-0.39, 0.29) is 35.5 Å². The monoisotopic (exact) mass is 305 g/mol. The smallest absolute Gasteiger partial charge is 0.446 e. The maximum atomic E-state index is 12.2. The van der Waals surface area contributed by atoms with Gasteiger partial charge in [0.05, 0.1) is 5.92 Å². The second-order valence-corrected chi connectivity index (χ2v) is 5.42. The number of thioether (sulfide) groups is 1. The van der Waals surface area contributed by atoms with Crippen LogP contribution >= 0.6 is 11.8 Å². The van der Waals surface area contributed by atoms with Crippen molar-refractivity contribution in [1.82, 2.24) is 0 Å². The Labute approximate surface area is 116 Å². The Morgan fingerprint density at radius 1 is 1.30 bits per heavy atom. The van der Waals surface area contributed by atoms with Crippen LogP contribution in [0.5, 0.6) is 0 Å². The first-order valence-electron chi connectivity index (χ1n) is 5.65. The first-order chi connectivity index (χ1) is 9.26. The van der Waals surface area contributed by atoms with Crippen LogP contribution in [0.3, 0.4) is 0 Å². The summed E-state index contributed by atoms with van der Waals surface area (Å²) in [4.78, 5) is 23.8. The van der Waals surface area contributed by atoms with Gasteiger partial charge in [-0.2, -0.15) is 13.2 Å². The van der Waals surface area contributed by atoms with Crippen LogP contribution in [-0.4, -0.2) is 29.0 Å². The van der Waals surface area contributed by atoms with E-state index in [0.717, 1.165) is 0 Å². The van der Waals surface area contributed by atoms with E-state index in [2.05, 4.69) is 0 Å². The molecule has 4 nitrogen and oxygen atoms in total. The van der Waals surface area contributed by atoms with Crippen LogP contribution < -0.4 is 4.90 Å². The largest absolute Gasteiger partial charge is 0.481 e. The lowest BCUT2D eigenvalue weighted by Crippen LogP contribution is -2.25. The summed E-state index contributed by atoms with van der Waals surface area (Å²) in [5.41, 5.74) is -3.95. The Balaban J connectivity index is 2.11. The average molecular weight is 305 g/mol. The minimum absolute atomic E-state index is 0.0164. The van der Waals surface area contributed by atoms with Crippen molar-refractivity contribution >= 4 is 29.3 Å². The molecular formula is C12H10F3NO3S. The Morgan fingerprint density at radius 3 is 2.35 bits per heavy atom. The van der Waals surface area contributed by atoms with Crippen molar-refractivity contribution in [3.63, 3.8) is 0 Å². The number of hydrogen-bond donors (Lipinski definition) is 1. The first kappa shape index (κ1) is 14.7. The Hall–Kier alpha value is -1.70. The van der Waals surface area contributed by atoms with Gasteiger partial charge < -0.3 is 10.0 Å². The van der Waals surface area contributed by atoms with Gasteiger partial charge in [0.1, 0.15) is 0 Å². The van der Waals surface area contributed by atoms with Gasteiger partial charge in [-0.05, 0) is 36.0 Å². The average Bonchev–Trinajstić information content (AvgIpc) is 2.70. The number of halogens is 3. The third kappa shape index (κ3) is 3.44. The normalized spacial score (nSPS) is 19.4. The highest BCUT2D eigenvalue weighted by Gasteiger charge is 2.35. The molecule has 0 aliphatic carbocycles. The molecule has 0 aromatic heterocycles. The highest BCUT2D eigenvalue weighted by molar-refractivity contribution is 8.00. The van der Waals surface area contributed by atoms with Crippen LogP contribution in [0.4, 0.5) is 18.9 Å². The Morgan fingerprint density at radius 2 is 1.90 bits per heavy atom. The summed E-state index contributed by atoms with van der Waals surface area (Å²) >= 11 is -0.239. The molecule has 1 aromatic rings. The van der Waals surface area contributed by atoms with Gasteiger partial charge in [-0.1, -0.05) is 0 Å². The molecule has 1 aromatic carbocycles. The van der Waals surface area contributed by atoms with Crippen molar-refractivity contribution in [2.24, 2.45) is 5.92 Å². The zero-order chi connectivity index (χ0) is 14.9. The van der Waals surface area contributed by atoms with Crippen molar-refractivity contribution < 1.29 is 27.9 Å². The van der Waals surface area contributed by atoms with E-state index < -0.39 is 17.4 Å². The maximum absolute atomic E-state index is 12.2. The number of carboxylic acid groups (broad SMARTS) is 1. The minimum atomic E-state index is -4.36. The predicted octanol–water partition coefficient (Wildman–Crippen LogP) is 2.74. The molecule has 0 bridgehead atoms. The zero-order valence-electron chi connectivity index (χ0n) is 10.1. The number of nitrogens with zero attached hydrogens (tertiary/aromatic N) is 1. The van der Waals surface area contributed by atoms with Crippen molar-refractivity contribution in [1.29, 1.82) is 0 Å². The fourth-order valence-corrected chi connectivity index (χ4v) is 2.49. The zero-order valence-corrected chi connectivity index (χ0v) is 10.9. The Bertz CT molecular complexity index is 530. The third-order valence-electron chi connectivity index (χ3n) is 2.86. The van der Waals surface area contributed by atoms with E-state index in [0.29, 0.717) is 5.69 Å². The van der Waals surface area contributed by atoms with E-state index in [9.17, 15) is 22.8 Å².